The Labute approximate surface area is 160 Å². The number of benzene rings is 1. The Kier molecular flexibility index (Phi) is 5.75. The van der Waals surface area contributed by atoms with E-state index in [1.165, 1.54) is 5.56 Å². The summed E-state index contributed by atoms with van der Waals surface area (Å²) in [5.74, 6) is 1.73. The van der Waals surface area contributed by atoms with E-state index in [1.807, 2.05) is 18.3 Å². The summed E-state index contributed by atoms with van der Waals surface area (Å²) < 4.78 is 10.9. The molecule has 0 saturated carbocycles. The third kappa shape index (κ3) is 4.17. The summed E-state index contributed by atoms with van der Waals surface area (Å²) in [6.07, 6.45) is 4.05. The first-order valence-corrected chi connectivity index (χ1v) is 9.87. The van der Waals surface area contributed by atoms with Crippen molar-refractivity contribution in [1.82, 2.24) is 15.2 Å². The molecule has 1 aromatic heterocycles. The number of ether oxygens (including phenoxy) is 2. The molecule has 2 aromatic rings. The molecule has 1 aromatic carbocycles. The van der Waals surface area contributed by atoms with Crippen LogP contribution in [-0.2, 0) is 6.42 Å². The normalized spacial score (nSPS) is 19.2. The van der Waals surface area contributed by atoms with E-state index in [9.17, 15) is 0 Å². The van der Waals surface area contributed by atoms with Crippen LogP contribution in [0.5, 0.6) is 11.5 Å². The van der Waals surface area contributed by atoms with Gasteiger partial charge in [0.05, 0.1) is 17.4 Å². The molecule has 0 spiro atoms. The number of aromatic nitrogens is 1. The second-order valence-electron chi connectivity index (χ2n) is 7.01. The third-order valence-corrected chi connectivity index (χ3v) is 5.22. The predicted octanol–water partition coefficient (Wildman–Crippen LogP) is 2.82. The highest BCUT2D eigenvalue weighted by Gasteiger charge is 2.26. The zero-order chi connectivity index (χ0) is 18.5. The molecule has 2 N–H and O–H groups in total. The van der Waals surface area contributed by atoms with E-state index >= 15 is 0 Å². The van der Waals surface area contributed by atoms with Crippen LogP contribution in [0, 0.1) is 0 Å². The molecule has 1 saturated heterocycles. The van der Waals surface area contributed by atoms with Gasteiger partial charge >= 0.3 is 0 Å². The average molecular weight is 368 g/mol. The molecule has 3 heterocycles. The minimum Gasteiger partial charge on any atom is -0.454 e. The maximum atomic E-state index is 5.49. The lowest BCUT2D eigenvalue weighted by molar-refractivity contribution is 0.157. The van der Waals surface area contributed by atoms with Crippen LogP contribution in [0.15, 0.2) is 36.5 Å². The number of nitrogens with one attached hydrogen (secondary N) is 2. The average Bonchev–Trinajstić information content (AvgIpc) is 3.17. The second-order valence-corrected chi connectivity index (χ2v) is 7.01. The Hall–Kier alpha value is -2.31. The minimum absolute atomic E-state index is 0.311. The monoisotopic (exact) mass is 368 g/mol. The molecular formula is C21H28N4O2. The first kappa shape index (κ1) is 18.1. The van der Waals surface area contributed by atoms with Gasteiger partial charge in [0.25, 0.3) is 0 Å². The van der Waals surface area contributed by atoms with E-state index in [0.29, 0.717) is 12.8 Å². The van der Waals surface area contributed by atoms with Gasteiger partial charge in [-0.2, -0.15) is 0 Å². The van der Waals surface area contributed by atoms with Crippen LogP contribution in [0.1, 0.15) is 30.6 Å². The van der Waals surface area contributed by atoms with E-state index in [2.05, 4.69) is 40.7 Å². The quantitative estimate of drug-likeness (QED) is 0.784. The summed E-state index contributed by atoms with van der Waals surface area (Å²) in [6.45, 7) is 7.45. The SMILES string of the molecule is CCNc1cccnc1C1CNCCN1CCCc1ccc2c(c1)OCO2. The lowest BCUT2D eigenvalue weighted by Crippen LogP contribution is -2.46. The van der Waals surface area contributed by atoms with Gasteiger partial charge in [-0.05, 0) is 56.1 Å². The number of piperazine rings is 1. The maximum absolute atomic E-state index is 5.49. The molecule has 144 valence electrons. The molecule has 1 atom stereocenters. The Balaban J connectivity index is 1.40. The highest BCUT2D eigenvalue weighted by molar-refractivity contribution is 5.49. The zero-order valence-corrected chi connectivity index (χ0v) is 15.9. The van der Waals surface area contributed by atoms with Gasteiger partial charge in [-0.15, -0.1) is 0 Å². The van der Waals surface area contributed by atoms with Crippen LogP contribution in [0.2, 0.25) is 0 Å². The Morgan fingerprint density at radius 1 is 1.26 bits per heavy atom. The highest BCUT2D eigenvalue weighted by Crippen LogP contribution is 2.33. The van der Waals surface area contributed by atoms with Crippen molar-refractivity contribution in [3.05, 3.63) is 47.8 Å². The number of hydrogen-bond acceptors (Lipinski definition) is 6. The summed E-state index contributed by atoms with van der Waals surface area (Å²) in [4.78, 5) is 7.26. The first-order valence-electron chi connectivity index (χ1n) is 9.87. The molecular weight excluding hydrogens is 340 g/mol. The van der Waals surface area contributed by atoms with Gasteiger partial charge in [0.2, 0.25) is 6.79 Å². The number of fused-ring (bicyclic) bond motifs is 1. The fourth-order valence-corrected chi connectivity index (χ4v) is 3.89. The summed E-state index contributed by atoms with van der Waals surface area (Å²) in [5.41, 5.74) is 3.60. The summed E-state index contributed by atoms with van der Waals surface area (Å²) >= 11 is 0. The van der Waals surface area contributed by atoms with E-state index in [1.54, 1.807) is 0 Å². The van der Waals surface area contributed by atoms with Crippen LogP contribution in [0.25, 0.3) is 0 Å². The van der Waals surface area contributed by atoms with Gasteiger partial charge in [0.15, 0.2) is 11.5 Å². The van der Waals surface area contributed by atoms with E-state index < -0.39 is 0 Å². The standard InChI is InChI=1S/C21H28N4O2/c1-2-23-17-6-3-9-24-21(17)18-14-22-10-12-25(18)11-4-5-16-7-8-19-20(13-16)27-15-26-19/h3,6-9,13,18,22-23H,2,4-5,10-12,14-15H2,1H3. The zero-order valence-electron chi connectivity index (χ0n) is 15.9. The largest absolute Gasteiger partial charge is 0.454 e. The Morgan fingerprint density at radius 2 is 2.19 bits per heavy atom. The second kappa shape index (κ2) is 8.59. The van der Waals surface area contributed by atoms with Crippen LogP contribution >= 0.6 is 0 Å². The van der Waals surface area contributed by atoms with Crippen LogP contribution in [-0.4, -0.2) is 49.4 Å². The number of aryl methyl sites for hydroxylation is 1. The number of anilines is 1. The van der Waals surface area contributed by atoms with Crippen LogP contribution in [0.4, 0.5) is 5.69 Å². The molecule has 4 rings (SSSR count). The van der Waals surface area contributed by atoms with Crippen molar-refractivity contribution >= 4 is 5.69 Å². The van der Waals surface area contributed by atoms with E-state index in [0.717, 1.165) is 68.4 Å². The number of rotatable bonds is 7. The minimum atomic E-state index is 0.311. The molecule has 0 radical (unpaired) electrons. The van der Waals surface area contributed by atoms with Crippen LogP contribution < -0.4 is 20.1 Å². The first-order chi connectivity index (χ1) is 13.3. The lowest BCUT2D eigenvalue weighted by Gasteiger charge is -2.36. The molecule has 2 aliphatic heterocycles. The molecule has 0 bridgehead atoms. The van der Waals surface area contributed by atoms with Crippen molar-refractivity contribution in [1.29, 1.82) is 0 Å². The fourth-order valence-electron chi connectivity index (χ4n) is 3.89. The molecule has 6 heteroatoms. The topological polar surface area (TPSA) is 58.7 Å². The van der Waals surface area contributed by atoms with Crippen molar-refractivity contribution < 1.29 is 9.47 Å². The molecule has 1 fully saturated rings. The van der Waals surface area contributed by atoms with Crippen molar-refractivity contribution in [3.8, 4) is 11.5 Å². The molecule has 0 aliphatic carbocycles. The molecule has 27 heavy (non-hydrogen) atoms. The van der Waals surface area contributed by atoms with Crippen molar-refractivity contribution in [2.75, 3.05) is 44.8 Å². The van der Waals surface area contributed by atoms with E-state index in [-0.39, 0.29) is 0 Å². The van der Waals surface area contributed by atoms with Gasteiger partial charge in [-0.1, -0.05) is 6.07 Å². The van der Waals surface area contributed by atoms with Gasteiger partial charge in [-0.25, -0.2) is 0 Å². The van der Waals surface area contributed by atoms with Gasteiger partial charge in [0.1, 0.15) is 0 Å². The van der Waals surface area contributed by atoms with Crippen molar-refractivity contribution in [3.63, 3.8) is 0 Å². The summed E-state index contributed by atoms with van der Waals surface area (Å²) in [7, 11) is 0. The molecule has 2 aliphatic rings. The lowest BCUT2D eigenvalue weighted by atomic mass is 10.0. The van der Waals surface area contributed by atoms with Crippen LogP contribution in [0.3, 0.4) is 0 Å². The van der Waals surface area contributed by atoms with Crippen molar-refractivity contribution in [2.24, 2.45) is 0 Å². The van der Waals surface area contributed by atoms with Gasteiger partial charge in [0, 0.05) is 32.4 Å². The van der Waals surface area contributed by atoms with Gasteiger partial charge in [-0.3, -0.25) is 9.88 Å². The Morgan fingerprint density at radius 3 is 3.11 bits per heavy atom. The smallest absolute Gasteiger partial charge is 0.231 e. The Bertz CT molecular complexity index is 768. The third-order valence-electron chi connectivity index (χ3n) is 5.22. The molecule has 6 nitrogen and oxygen atoms in total. The van der Waals surface area contributed by atoms with Gasteiger partial charge < -0.3 is 20.1 Å². The van der Waals surface area contributed by atoms with E-state index in [4.69, 9.17) is 14.5 Å². The summed E-state index contributed by atoms with van der Waals surface area (Å²) in [6, 6.07) is 10.7. The molecule has 1 unspecified atom stereocenters. The van der Waals surface area contributed by atoms with Crippen molar-refractivity contribution in [2.45, 2.75) is 25.8 Å². The highest BCUT2D eigenvalue weighted by atomic mass is 16.7. The number of hydrogen-bond donors (Lipinski definition) is 2. The molecule has 0 amide bonds. The predicted molar refractivity (Wildman–Crippen MR) is 106 cm³/mol. The number of pyridine rings is 1. The fraction of sp³-hybridized carbons (Fsp3) is 0.476. The summed E-state index contributed by atoms with van der Waals surface area (Å²) in [5, 5.41) is 6.99. The number of nitrogens with zero attached hydrogens (tertiary/aromatic N) is 2. The maximum Gasteiger partial charge on any atom is 0.231 e.